The number of aromatic nitrogens is 2. The van der Waals surface area contributed by atoms with E-state index in [4.69, 9.17) is 9.47 Å². The first-order chi connectivity index (χ1) is 15.9. The van der Waals surface area contributed by atoms with Crippen molar-refractivity contribution in [3.05, 3.63) is 95.3 Å². The van der Waals surface area contributed by atoms with Gasteiger partial charge in [-0.3, -0.25) is 0 Å². The molecule has 0 aliphatic rings. The van der Waals surface area contributed by atoms with E-state index in [2.05, 4.69) is 9.97 Å². The number of ether oxygens (including phenoxy) is 2. The van der Waals surface area contributed by atoms with E-state index in [0.29, 0.717) is 0 Å². The highest BCUT2D eigenvalue weighted by Gasteiger charge is 2.31. The van der Waals surface area contributed by atoms with Crippen LogP contribution in [0.3, 0.4) is 0 Å². The van der Waals surface area contributed by atoms with E-state index >= 15 is 0 Å². The smallest absolute Gasteiger partial charge is 0.416 e. The molecule has 0 spiro atoms. The molecule has 3 aromatic carbocycles. The van der Waals surface area contributed by atoms with E-state index in [1.165, 1.54) is 0 Å². The molecule has 0 saturated carbocycles. The first-order valence-corrected chi connectivity index (χ1v) is 10.4. The Labute approximate surface area is 188 Å². The minimum absolute atomic E-state index is 0.295. The molecule has 2 heterocycles. The summed E-state index contributed by atoms with van der Waals surface area (Å²) < 4.78 is 50.2. The first-order valence-electron chi connectivity index (χ1n) is 10.4. The average molecular weight is 450 g/mol. The largest absolute Gasteiger partial charge is 0.497 e. The number of rotatable bonds is 5. The molecule has 2 N–H and O–H groups in total. The molecule has 0 radical (unpaired) electrons. The van der Waals surface area contributed by atoms with E-state index in [1.807, 2.05) is 48.8 Å². The molecule has 5 rings (SSSR count). The molecule has 0 saturated heterocycles. The Hall–Kier alpha value is -3.87. The predicted octanol–water partition coefficient (Wildman–Crippen LogP) is 6.87. The molecule has 0 atom stereocenters. The Morgan fingerprint density at radius 3 is 1.61 bits per heavy atom. The number of alkyl halides is 3. The summed E-state index contributed by atoms with van der Waals surface area (Å²) in [7, 11) is 3.21. The minimum atomic E-state index is -4.39. The maximum absolute atomic E-state index is 13.2. The fourth-order valence-corrected chi connectivity index (χ4v) is 4.38. The van der Waals surface area contributed by atoms with Crippen LogP contribution in [0.4, 0.5) is 13.2 Å². The van der Waals surface area contributed by atoms with Crippen LogP contribution < -0.4 is 9.47 Å². The van der Waals surface area contributed by atoms with Crippen molar-refractivity contribution in [3.8, 4) is 11.5 Å². The van der Waals surface area contributed by atoms with Crippen molar-refractivity contribution < 1.29 is 22.6 Å². The number of aromatic amines is 2. The summed E-state index contributed by atoms with van der Waals surface area (Å²) in [4.78, 5) is 6.57. The lowest BCUT2D eigenvalue weighted by atomic mass is 9.84. The molecule has 0 aliphatic carbocycles. The molecule has 0 unspecified atom stereocenters. The van der Waals surface area contributed by atoms with Crippen LogP contribution in [0.25, 0.3) is 21.8 Å². The third-order valence-corrected chi connectivity index (χ3v) is 6.04. The van der Waals surface area contributed by atoms with Gasteiger partial charge in [-0.05, 0) is 53.1 Å². The Bertz CT molecular complexity index is 1350. The van der Waals surface area contributed by atoms with Gasteiger partial charge in [-0.15, -0.1) is 0 Å². The topological polar surface area (TPSA) is 50.0 Å². The Morgan fingerprint density at radius 2 is 1.18 bits per heavy atom. The van der Waals surface area contributed by atoms with E-state index < -0.39 is 11.7 Å². The lowest BCUT2D eigenvalue weighted by Crippen LogP contribution is -2.07. The molecule has 168 valence electrons. The molecule has 2 aromatic heterocycles. The van der Waals surface area contributed by atoms with Crippen LogP contribution in [0.15, 0.2) is 73.1 Å². The second kappa shape index (κ2) is 7.92. The van der Waals surface area contributed by atoms with E-state index in [0.717, 1.165) is 62.1 Å². The first kappa shape index (κ1) is 21.0. The molecule has 5 aromatic rings. The van der Waals surface area contributed by atoms with Crippen LogP contribution in [0.2, 0.25) is 0 Å². The highest BCUT2D eigenvalue weighted by Crippen LogP contribution is 2.41. The third-order valence-electron chi connectivity index (χ3n) is 6.04. The van der Waals surface area contributed by atoms with E-state index in [1.54, 1.807) is 26.4 Å². The van der Waals surface area contributed by atoms with Crippen molar-refractivity contribution in [2.75, 3.05) is 14.2 Å². The summed E-state index contributed by atoms with van der Waals surface area (Å²) in [5.74, 6) is 1.15. The lowest BCUT2D eigenvalue weighted by molar-refractivity contribution is -0.137. The monoisotopic (exact) mass is 450 g/mol. The van der Waals surface area contributed by atoms with Gasteiger partial charge in [0.25, 0.3) is 0 Å². The Morgan fingerprint density at radius 1 is 0.697 bits per heavy atom. The summed E-state index contributed by atoms with van der Waals surface area (Å²) in [5.41, 5.74) is 3.80. The molecule has 0 amide bonds. The summed E-state index contributed by atoms with van der Waals surface area (Å²) in [6.45, 7) is 0. The van der Waals surface area contributed by atoms with Crippen LogP contribution in [-0.4, -0.2) is 24.2 Å². The fraction of sp³-hybridized carbons (Fsp3) is 0.154. The van der Waals surface area contributed by atoms with Gasteiger partial charge in [0, 0.05) is 52.3 Å². The maximum atomic E-state index is 13.2. The highest BCUT2D eigenvalue weighted by atomic mass is 19.4. The molecular weight excluding hydrogens is 429 g/mol. The standard InChI is InChI=1S/C26H21F3N2O2/c1-32-17-7-9-19-21(13-30-23(19)11-17)25(15-3-5-16(6-4-15)26(27,28)29)22-14-31-24-12-18(33-2)8-10-20(22)24/h3-14,25,30-31H,1-2H3. The fourth-order valence-electron chi connectivity index (χ4n) is 4.38. The number of benzene rings is 3. The van der Waals surface area contributed by atoms with Crippen molar-refractivity contribution in [2.45, 2.75) is 12.1 Å². The Balaban J connectivity index is 1.71. The van der Waals surface area contributed by atoms with Gasteiger partial charge < -0.3 is 19.4 Å². The molecule has 33 heavy (non-hydrogen) atoms. The number of hydrogen-bond donors (Lipinski definition) is 2. The summed E-state index contributed by atoms with van der Waals surface area (Å²) >= 11 is 0. The van der Waals surface area contributed by atoms with Gasteiger partial charge in [0.2, 0.25) is 0 Å². The number of methoxy groups -OCH3 is 2. The predicted molar refractivity (Wildman–Crippen MR) is 122 cm³/mol. The normalized spacial score (nSPS) is 12.1. The SMILES string of the molecule is COc1ccc2c(C(c3ccc(C(F)(F)F)cc3)c3c[nH]c4cc(OC)ccc34)c[nH]c2c1. The number of nitrogens with one attached hydrogen (secondary N) is 2. The van der Waals surface area contributed by atoms with Crippen LogP contribution in [-0.2, 0) is 6.18 Å². The lowest BCUT2D eigenvalue weighted by Gasteiger charge is -2.18. The second-order valence-corrected chi connectivity index (χ2v) is 7.86. The number of H-pyrrole nitrogens is 2. The highest BCUT2D eigenvalue weighted by molar-refractivity contribution is 5.90. The molecule has 0 bridgehead atoms. The number of hydrogen-bond acceptors (Lipinski definition) is 2. The van der Waals surface area contributed by atoms with Crippen molar-refractivity contribution in [3.63, 3.8) is 0 Å². The van der Waals surface area contributed by atoms with Crippen LogP contribution in [0.5, 0.6) is 11.5 Å². The average Bonchev–Trinajstić information content (AvgIpc) is 3.43. The zero-order chi connectivity index (χ0) is 23.2. The molecule has 7 heteroatoms. The van der Waals surface area contributed by atoms with Gasteiger partial charge >= 0.3 is 6.18 Å². The molecule has 0 aliphatic heterocycles. The van der Waals surface area contributed by atoms with Gasteiger partial charge in [0.15, 0.2) is 0 Å². The van der Waals surface area contributed by atoms with Crippen molar-refractivity contribution >= 4 is 21.8 Å². The van der Waals surface area contributed by atoms with Gasteiger partial charge in [-0.2, -0.15) is 13.2 Å². The van der Waals surface area contributed by atoms with Crippen molar-refractivity contribution in [2.24, 2.45) is 0 Å². The minimum Gasteiger partial charge on any atom is -0.497 e. The number of halogens is 3. The maximum Gasteiger partial charge on any atom is 0.416 e. The summed E-state index contributed by atoms with van der Waals surface area (Å²) in [5, 5.41) is 1.95. The van der Waals surface area contributed by atoms with Gasteiger partial charge in [0.05, 0.1) is 19.8 Å². The molecular formula is C26H21F3N2O2. The second-order valence-electron chi connectivity index (χ2n) is 7.86. The zero-order valence-electron chi connectivity index (χ0n) is 18.0. The van der Waals surface area contributed by atoms with E-state index in [-0.39, 0.29) is 5.92 Å². The summed E-state index contributed by atoms with van der Waals surface area (Å²) in [6.07, 6.45) is -0.563. The van der Waals surface area contributed by atoms with Crippen LogP contribution in [0.1, 0.15) is 28.2 Å². The van der Waals surface area contributed by atoms with Gasteiger partial charge in [-0.25, -0.2) is 0 Å². The van der Waals surface area contributed by atoms with Gasteiger partial charge in [-0.1, -0.05) is 12.1 Å². The zero-order valence-corrected chi connectivity index (χ0v) is 18.0. The van der Waals surface area contributed by atoms with Crippen molar-refractivity contribution in [1.29, 1.82) is 0 Å². The van der Waals surface area contributed by atoms with Crippen LogP contribution in [0, 0.1) is 0 Å². The summed E-state index contributed by atoms with van der Waals surface area (Å²) in [6, 6.07) is 16.9. The molecule has 4 nitrogen and oxygen atoms in total. The van der Waals surface area contributed by atoms with Crippen molar-refractivity contribution in [1.82, 2.24) is 9.97 Å². The quantitative estimate of drug-likeness (QED) is 0.307. The van der Waals surface area contributed by atoms with Crippen LogP contribution >= 0.6 is 0 Å². The number of fused-ring (bicyclic) bond motifs is 2. The third kappa shape index (κ3) is 3.69. The Kier molecular flexibility index (Phi) is 5.04. The van der Waals surface area contributed by atoms with Gasteiger partial charge in [0.1, 0.15) is 11.5 Å². The van der Waals surface area contributed by atoms with E-state index in [9.17, 15) is 13.2 Å². The molecule has 0 fully saturated rings.